The molecule has 82 valence electrons. The molecule has 1 saturated heterocycles. The lowest BCUT2D eigenvalue weighted by Gasteiger charge is -2.36. The molecule has 0 saturated carbocycles. The van der Waals surface area contributed by atoms with Crippen LogP contribution < -0.4 is 0 Å². The van der Waals surface area contributed by atoms with Crippen LogP contribution in [0.4, 0.5) is 0 Å². The molecule has 1 fully saturated rings. The van der Waals surface area contributed by atoms with Crippen molar-refractivity contribution in [1.29, 1.82) is 0 Å². The number of likely N-dealkylation sites (N-methyl/N-ethyl adjacent to an activating group) is 1. The first kappa shape index (κ1) is 11.8. The largest absolute Gasteiger partial charge is 0.340 e. The van der Waals surface area contributed by atoms with Crippen LogP contribution in [-0.4, -0.2) is 54.8 Å². The van der Waals surface area contributed by atoms with Crippen molar-refractivity contribution in [2.24, 2.45) is 5.41 Å². The Kier molecular flexibility index (Phi) is 3.78. The molecule has 1 amide bonds. The van der Waals surface area contributed by atoms with Crippen LogP contribution in [0.5, 0.6) is 0 Å². The monoisotopic (exact) mass is 218 g/mol. The molecule has 0 atom stereocenters. The molecule has 4 heteroatoms. The number of carbonyl (C=O) groups excluding carboxylic acids is 1. The number of hydrogen-bond acceptors (Lipinski definition) is 2. The van der Waals surface area contributed by atoms with Gasteiger partial charge in [-0.1, -0.05) is 0 Å². The van der Waals surface area contributed by atoms with Gasteiger partial charge >= 0.3 is 0 Å². The molecule has 1 heterocycles. The second-order valence-corrected chi connectivity index (χ2v) is 4.88. The highest BCUT2D eigenvalue weighted by Crippen LogP contribution is 2.21. The second kappa shape index (κ2) is 4.49. The van der Waals surface area contributed by atoms with E-state index < -0.39 is 5.41 Å². The third-order valence-electron chi connectivity index (χ3n) is 2.70. The topological polar surface area (TPSA) is 23.6 Å². The molecule has 0 bridgehead atoms. The van der Waals surface area contributed by atoms with Crippen molar-refractivity contribution >= 4 is 17.5 Å². The molecule has 0 aliphatic carbocycles. The van der Waals surface area contributed by atoms with Crippen LogP contribution in [0, 0.1) is 5.41 Å². The Morgan fingerprint density at radius 2 is 1.79 bits per heavy atom. The molecule has 1 aliphatic rings. The summed E-state index contributed by atoms with van der Waals surface area (Å²) >= 11 is 5.78. The lowest BCUT2D eigenvalue weighted by atomic mass is 9.94. The van der Waals surface area contributed by atoms with Gasteiger partial charge < -0.3 is 9.80 Å². The van der Waals surface area contributed by atoms with E-state index in [1.54, 1.807) is 0 Å². The average Bonchev–Trinajstić information content (AvgIpc) is 2.18. The SMILES string of the molecule is CN1CCN(C(=O)C(C)(C)CCl)CC1. The normalized spacial score (nSPS) is 19.9. The number of carbonyl (C=O) groups is 1. The summed E-state index contributed by atoms with van der Waals surface area (Å²) in [5.74, 6) is 0.568. The smallest absolute Gasteiger partial charge is 0.229 e. The van der Waals surface area contributed by atoms with Crippen LogP contribution in [0.25, 0.3) is 0 Å². The van der Waals surface area contributed by atoms with E-state index in [0.29, 0.717) is 5.88 Å². The molecule has 0 aromatic carbocycles. The lowest BCUT2D eigenvalue weighted by molar-refractivity contribution is -0.140. The lowest BCUT2D eigenvalue weighted by Crippen LogP contribution is -2.51. The zero-order valence-electron chi connectivity index (χ0n) is 9.22. The standard InChI is InChI=1S/C10H19ClN2O/c1-10(2,8-11)9(14)13-6-4-12(3)5-7-13/h4-8H2,1-3H3. The zero-order valence-corrected chi connectivity index (χ0v) is 9.97. The van der Waals surface area contributed by atoms with Crippen molar-refractivity contribution in [3.05, 3.63) is 0 Å². The molecule has 0 unspecified atom stereocenters. The first-order valence-electron chi connectivity index (χ1n) is 5.01. The maximum Gasteiger partial charge on any atom is 0.229 e. The minimum absolute atomic E-state index is 0.181. The van der Waals surface area contributed by atoms with Crippen LogP contribution in [0.3, 0.4) is 0 Å². The average molecular weight is 219 g/mol. The molecule has 1 aliphatic heterocycles. The molecule has 3 nitrogen and oxygen atoms in total. The van der Waals surface area contributed by atoms with E-state index in [0.717, 1.165) is 26.2 Å². The van der Waals surface area contributed by atoms with Gasteiger partial charge in [0.05, 0.1) is 5.41 Å². The minimum atomic E-state index is -0.419. The van der Waals surface area contributed by atoms with E-state index >= 15 is 0 Å². The zero-order chi connectivity index (χ0) is 10.8. The Hall–Kier alpha value is -0.280. The molecule has 0 spiro atoms. The molecule has 0 aromatic heterocycles. The van der Waals surface area contributed by atoms with Gasteiger partial charge in [0.25, 0.3) is 0 Å². The van der Waals surface area contributed by atoms with Gasteiger partial charge in [0.15, 0.2) is 0 Å². The van der Waals surface area contributed by atoms with Crippen molar-refractivity contribution in [2.45, 2.75) is 13.8 Å². The number of halogens is 1. The van der Waals surface area contributed by atoms with Crippen molar-refractivity contribution in [1.82, 2.24) is 9.80 Å². The Balaban J connectivity index is 2.54. The van der Waals surface area contributed by atoms with Gasteiger partial charge in [0.2, 0.25) is 5.91 Å². The van der Waals surface area contributed by atoms with E-state index in [-0.39, 0.29) is 5.91 Å². The van der Waals surface area contributed by atoms with Crippen molar-refractivity contribution < 1.29 is 4.79 Å². The number of nitrogens with zero attached hydrogens (tertiary/aromatic N) is 2. The quantitative estimate of drug-likeness (QED) is 0.647. The van der Waals surface area contributed by atoms with Gasteiger partial charge in [0.1, 0.15) is 0 Å². The number of rotatable bonds is 2. The van der Waals surface area contributed by atoms with E-state index in [1.807, 2.05) is 18.7 Å². The molecular weight excluding hydrogens is 200 g/mol. The Morgan fingerprint density at radius 3 is 2.21 bits per heavy atom. The summed E-state index contributed by atoms with van der Waals surface area (Å²) in [7, 11) is 2.08. The summed E-state index contributed by atoms with van der Waals surface area (Å²) in [6.45, 7) is 7.39. The highest BCUT2D eigenvalue weighted by atomic mass is 35.5. The summed E-state index contributed by atoms with van der Waals surface area (Å²) in [6.07, 6.45) is 0. The van der Waals surface area contributed by atoms with E-state index in [4.69, 9.17) is 11.6 Å². The Labute approximate surface area is 91.0 Å². The van der Waals surface area contributed by atoms with Gasteiger partial charge in [0, 0.05) is 32.1 Å². The van der Waals surface area contributed by atoms with Gasteiger partial charge in [-0.15, -0.1) is 11.6 Å². The minimum Gasteiger partial charge on any atom is -0.340 e. The summed E-state index contributed by atoms with van der Waals surface area (Å²) in [4.78, 5) is 16.1. The predicted molar refractivity (Wildman–Crippen MR) is 58.6 cm³/mol. The molecular formula is C10H19ClN2O. The summed E-state index contributed by atoms with van der Waals surface area (Å²) in [6, 6.07) is 0. The van der Waals surface area contributed by atoms with Crippen molar-refractivity contribution in [2.75, 3.05) is 39.1 Å². The van der Waals surface area contributed by atoms with Crippen LogP contribution in [0.2, 0.25) is 0 Å². The van der Waals surface area contributed by atoms with Crippen molar-refractivity contribution in [3.8, 4) is 0 Å². The highest BCUT2D eigenvalue weighted by molar-refractivity contribution is 6.19. The van der Waals surface area contributed by atoms with E-state index in [1.165, 1.54) is 0 Å². The van der Waals surface area contributed by atoms with E-state index in [2.05, 4.69) is 11.9 Å². The third kappa shape index (κ3) is 2.61. The van der Waals surface area contributed by atoms with Gasteiger partial charge in [-0.05, 0) is 20.9 Å². The Morgan fingerprint density at radius 1 is 1.29 bits per heavy atom. The van der Waals surface area contributed by atoms with Crippen molar-refractivity contribution in [3.63, 3.8) is 0 Å². The Bertz CT molecular complexity index is 210. The fraction of sp³-hybridized carbons (Fsp3) is 0.900. The molecule has 1 rings (SSSR count). The maximum absolute atomic E-state index is 12.0. The summed E-state index contributed by atoms with van der Waals surface area (Å²) < 4.78 is 0. The highest BCUT2D eigenvalue weighted by Gasteiger charge is 2.32. The van der Waals surface area contributed by atoms with Gasteiger partial charge in [-0.3, -0.25) is 4.79 Å². The summed E-state index contributed by atoms with van der Waals surface area (Å²) in [5.41, 5.74) is -0.419. The molecule has 0 radical (unpaired) electrons. The third-order valence-corrected chi connectivity index (χ3v) is 3.37. The number of hydrogen-bond donors (Lipinski definition) is 0. The maximum atomic E-state index is 12.0. The fourth-order valence-electron chi connectivity index (χ4n) is 1.49. The van der Waals surface area contributed by atoms with Crippen LogP contribution in [0.1, 0.15) is 13.8 Å². The number of alkyl halides is 1. The first-order valence-corrected chi connectivity index (χ1v) is 5.55. The molecule has 14 heavy (non-hydrogen) atoms. The van der Waals surface area contributed by atoms with Crippen LogP contribution in [-0.2, 0) is 4.79 Å². The second-order valence-electron chi connectivity index (χ2n) is 4.61. The predicted octanol–water partition coefficient (Wildman–Crippen LogP) is 1.03. The van der Waals surface area contributed by atoms with Gasteiger partial charge in [-0.25, -0.2) is 0 Å². The number of amides is 1. The summed E-state index contributed by atoms with van der Waals surface area (Å²) in [5, 5.41) is 0. The fourth-order valence-corrected chi connectivity index (χ4v) is 1.61. The van der Waals surface area contributed by atoms with Crippen LogP contribution in [0.15, 0.2) is 0 Å². The first-order chi connectivity index (χ1) is 6.47. The molecule has 0 aromatic rings. The number of piperazine rings is 1. The molecule has 0 N–H and O–H groups in total. The van der Waals surface area contributed by atoms with Crippen LogP contribution >= 0.6 is 11.6 Å². The van der Waals surface area contributed by atoms with E-state index in [9.17, 15) is 4.79 Å². The van der Waals surface area contributed by atoms with Gasteiger partial charge in [-0.2, -0.15) is 0 Å².